The number of amides is 1. The molecule has 2 heterocycles. The molecule has 0 aliphatic carbocycles. The van der Waals surface area contributed by atoms with Crippen molar-refractivity contribution in [1.29, 1.82) is 5.26 Å². The standard InChI is InChI=1S/C22H16FN3O2/c23-18-3-1-2-16(10-18)11-21(27)26-8-9-28-22-19(13-25-14-20(22)26)17-6-4-15(12-24)5-7-17/h1-7,10,13-14H,8-9,11H2. The van der Waals surface area contributed by atoms with Crippen molar-refractivity contribution in [2.45, 2.75) is 6.42 Å². The molecule has 3 aromatic rings. The van der Waals surface area contributed by atoms with Crippen LogP contribution in [0.25, 0.3) is 11.1 Å². The van der Waals surface area contributed by atoms with Gasteiger partial charge in [-0.3, -0.25) is 9.78 Å². The summed E-state index contributed by atoms with van der Waals surface area (Å²) in [6.07, 6.45) is 3.38. The highest BCUT2D eigenvalue weighted by molar-refractivity contribution is 5.98. The summed E-state index contributed by atoms with van der Waals surface area (Å²) in [5.74, 6) is 0.0740. The Morgan fingerprint density at radius 2 is 2.04 bits per heavy atom. The second kappa shape index (κ2) is 7.49. The van der Waals surface area contributed by atoms with Gasteiger partial charge in [0, 0.05) is 11.8 Å². The first-order valence-electron chi connectivity index (χ1n) is 8.82. The number of rotatable bonds is 3. The number of carbonyl (C=O) groups is 1. The van der Waals surface area contributed by atoms with Gasteiger partial charge in [0.25, 0.3) is 0 Å². The lowest BCUT2D eigenvalue weighted by Gasteiger charge is -2.30. The third-order valence-electron chi connectivity index (χ3n) is 4.60. The number of hydrogen-bond acceptors (Lipinski definition) is 4. The molecule has 138 valence electrons. The van der Waals surface area contributed by atoms with Crippen molar-refractivity contribution in [3.63, 3.8) is 0 Å². The summed E-state index contributed by atoms with van der Waals surface area (Å²) in [6.45, 7) is 0.759. The van der Waals surface area contributed by atoms with Crippen molar-refractivity contribution in [3.8, 4) is 22.9 Å². The predicted octanol–water partition coefficient (Wildman–Crippen LogP) is 3.73. The lowest BCUT2D eigenvalue weighted by Crippen LogP contribution is -2.39. The van der Waals surface area contributed by atoms with E-state index in [4.69, 9.17) is 10.00 Å². The van der Waals surface area contributed by atoms with Crippen LogP contribution in [0.15, 0.2) is 60.9 Å². The first-order chi connectivity index (χ1) is 13.7. The molecule has 0 bridgehead atoms. The quantitative estimate of drug-likeness (QED) is 0.702. The maximum Gasteiger partial charge on any atom is 0.231 e. The van der Waals surface area contributed by atoms with Gasteiger partial charge in [-0.25, -0.2) is 4.39 Å². The molecule has 5 nitrogen and oxygen atoms in total. The highest BCUT2D eigenvalue weighted by Gasteiger charge is 2.26. The Balaban J connectivity index is 1.66. The number of carbonyl (C=O) groups excluding carboxylic acids is 1. The van der Waals surface area contributed by atoms with Gasteiger partial charge in [-0.2, -0.15) is 5.26 Å². The minimum atomic E-state index is -0.363. The van der Waals surface area contributed by atoms with Crippen molar-refractivity contribution in [2.24, 2.45) is 0 Å². The number of ether oxygens (including phenoxy) is 1. The molecular weight excluding hydrogens is 357 g/mol. The number of nitrogens with zero attached hydrogens (tertiary/aromatic N) is 3. The Kier molecular flexibility index (Phi) is 4.73. The number of fused-ring (bicyclic) bond motifs is 1. The van der Waals surface area contributed by atoms with E-state index in [1.54, 1.807) is 41.6 Å². The maximum absolute atomic E-state index is 13.4. The summed E-state index contributed by atoms with van der Waals surface area (Å²) in [5, 5.41) is 8.97. The topological polar surface area (TPSA) is 66.2 Å². The van der Waals surface area contributed by atoms with Crippen LogP contribution in [0.1, 0.15) is 11.1 Å². The molecule has 0 spiro atoms. The van der Waals surface area contributed by atoms with Crippen LogP contribution in [0.5, 0.6) is 5.75 Å². The zero-order valence-corrected chi connectivity index (χ0v) is 14.9. The van der Waals surface area contributed by atoms with Crippen LogP contribution < -0.4 is 9.64 Å². The fraction of sp³-hybridized carbons (Fsp3) is 0.136. The van der Waals surface area contributed by atoms with Gasteiger partial charge < -0.3 is 9.64 Å². The lowest BCUT2D eigenvalue weighted by atomic mass is 10.0. The van der Waals surface area contributed by atoms with Crippen molar-refractivity contribution in [3.05, 3.63) is 77.9 Å². The van der Waals surface area contributed by atoms with E-state index >= 15 is 0 Å². The largest absolute Gasteiger partial charge is 0.489 e. The zero-order valence-electron chi connectivity index (χ0n) is 14.9. The second-order valence-corrected chi connectivity index (χ2v) is 6.42. The third kappa shape index (κ3) is 3.42. The van der Waals surface area contributed by atoms with Crippen LogP contribution >= 0.6 is 0 Å². The van der Waals surface area contributed by atoms with Gasteiger partial charge in [-0.15, -0.1) is 0 Å². The molecule has 0 radical (unpaired) electrons. The first kappa shape index (κ1) is 17.7. The highest BCUT2D eigenvalue weighted by atomic mass is 19.1. The average molecular weight is 373 g/mol. The number of benzene rings is 2. The molecule has 1 aromatic heterocycles. The molecule has 0 N–H and O–H groups in total. The molecule has 28 heavy (non-hydrogen) atoms. The van der Waals surface area contributed by atoms with Crippen LogP contribution in [-0.2, 0) is 11.2 Å². The van der Waals surface area contributed by atoms with Crippen molar-refractivity contribution < 1.29 is 13.9 Å². The summed E-state index contributed by atoms with van der Waals surface area (Å²) in [4.78, 5) is 18.8. The molecule has 2 aromatic carbocycles. The summed E-state index contributed by atoms with van der Waals surface area (Å²) in [5.41, 5.74) is 3.38. The number of nitriles is 1. The molecule has 0 saturated carbocycles. The third-order valence-corrected chi connectivity index (χ3v) is 4.60. The van der Waals surface area contributed by atoms with Gasteiger partial charge in [-0.05, 0) is 35.4 Å². The zero-order chi connectivity index (χ0) is 19.5. The van der Waals surface area contributed by atoms with Crippen LogP contribution in [0, 0.1) is 17.1 Å². The van der Waals surface area contributed by atoms with Gasteiger partial charge in [0.1, 0.15) is 18.1 Å². The van der Waals surface area contributed by atoms with E-state index in [0.29, 0.717) is 35.7 Å². The molecule has 0 fully saturated rings. The predicted molar refractivity (Wildman–Crippen MR) is 102 cm³/mol. The summed E-state index contributed by atoms with van der Waals surface area (Å²) < 4.78 is 19.3. The number of halogens is 1. The molecule has 1 aliphatic heterocycles. The van der Waals surface area contributed by atoms with Gasteiger partial charge in [0.05, 0.1) is 30.8 Å². The van der Waals surface area contributed by atoms with Gasteiger partial charge in [0.2, 0.25) is 5.91 Å². The Bertz CT molecular complexity index is 1070. The Labute approximate surface area is 161 Å². The van der Waals surface area contributed by atoms with Crippen LogP contribution in [-0.4, -0.2) is 24.0 Å². The fourth-order valence-corrected chi connectivity index (χ4v) is 3.25. The smallest absolute Gasteiger partial charge is 0.231 e. The molecule has 1 amide bonds. The molecule has 6 heteroatoms. The lowest BCUT2D eigenvalue weighted by molar-refractivity contribution is -0.118. The van der Waals surface area contributed by atoms with E-state index in [2.05, 4.69) is 11.1 Å². The molecule has 4 rings (SSSR count). The molecule has 0 unspecified atom stereocenters. The Hall–Kier alpha value is -3.72. The summed E-state index contributed by atoms with van der Waals surface area (Å²) in [6, 6.07) is 15.2. The minimum Gasteiger partial charge on any atom is -0.489 e. The monoisotopic (exact) mass is 373 g/mol. The number of aromatic nitrogens is 1. The van der Waals surface area contributed by atoms with E-state index in [9.17, 15) is 9.18 Å². The highest BCUT2D eigenvalue weighted by Crippen LogP contribution is 2.40. The summed E-state index contributed by atoms with van der Waals surface area (Å²) in [7, 11) is 0. The van der Waals surface area contributed by atoms with Gasteiger partial charge in [0.15, 0.2) is 5.75 Å². The maximum atomic E-state index is 13.4. The Morgan fingerprint density at radius 1 is 1.21 bits per heavy atom. The van der Waals surface area contributed by atoms with E-state index in [-0.39, 0.29) is 18.1 Å². The van der Waals surface area contributed by atoms with E-state index < -0.39 is 0 Å². The normalized spacial score (nSPS) is 12.6. The van der Waals surface area contributed by atoms with Crippen LogP contribution in [0.4, 0.5) is 10.1 Å². The molecule has 0 saturated heterocycles. The fourth-order valence-electron chi connectivity index (χ4n) is 3.25. The van der Waals surface area contributed by atoms with Gasteiger partial charge >= 0.3 is 0 Å². The van der Waals surface area contributed by atoms with Crippen LogP contribution in [0.3, 0.4) is 0 Å². The van der Waals surface area contributed by atoms with E-state index in [1.165, 1.54) is 12.1 Å². The van der Waals surface area contributed by atoms with E-state index in [0.717, 1.165) is 11.1 Å². The van der Waals surface area contributed by atoms with Crippen molar-refractivity contribution in [2.75, 3.05) is 18.1 Å². The van der Waals surface area contributed by atoms with E-state index in [1.807, 2.05) is 12.1 Å². The van der Waals surface area contributed by atoms with Crippen molar-refractivity contribution >= 4 is 11.6 Å². The van der Waals surface area contributed by atoms with Crippen molar-refractivity contribution in [1.82, 2.24) is 4.98 Å². The molecular formula is C22H16FN3O2. The number of hydrogen-bond donors (Lipinski definition) is 0. The molecule has 1 aliphatic rings. The average Bonchev–Trinajstić information content (AvgIpc) is 2.73. The SMILES string of the molecule is N#Cc1ccc(-c2cncc3c2OCCN3C(=O)Cc2cccc(F)c2)cc1. The second-order valence-electron chi connectivity index (χ2n) is 6.42. The Morgan fingerprint density at radius 3 is 2.79 bits per heavy atom. The minimum absolute atomic E-state index is 0.0955. The summed E-state index contributed by atoms with van der Waals surface area (Å²) >= 11 is 0. The number of anilines is 1. The van der Waals surface area contributed by atoms with Gasteiger partial charge in [-0.1, -0.05) is 24.3 Å². The number of pyridine rings is 1. The molecule has 0 atom stereocenters. The van der Waals surface area contributed by atoms with Crippen LogP contribution in [0.2, 0.25) is 0 Å². The first-order valence-corrected chi connectivity index (χ1v) is 8.82.